The number of methoxy groups -OCH3 is 1. The number of aliphatic hydroxyl groups is 1. The summed E-state index contributed by atoms with van der Waals surface area (Å²) in [5.41, 5.74) is 5.59. The summed E-state index contributed by atoms with van der Waals surface area (Å²) in [4.78, 5) is 11.4. The number of hydrogen-bond acceptors (Lipinski definition) is 4. The Morgan fingerprint density at radius 2 is 2.29 bits per heavy atom. The number of nitrogens with one attached hydrogen (secondary N) is 1. The third-order valence-corrected chi connectivity index (χ3v) is 2.03. The van der Waals surface area contributed by atoms with Crippen molar-refractivity contribution in [1.29, 1.82) is 0 Å². The lowest BCUT2D eigenvalue weighted by atomic mass is 10.2. The van der Waals surface area contributed by atoms with Gasteiger partial charge in [-0.15, -0.1) is 0 Å². The Morgan fingerprint density at radius 3 is 2.71 bits per heavy atom. The molecule has 0 aromatic carbocycles. The van der Waals surface area contributed by atoms with E-state index in [0.717, 1.165) is 0 Å². The molecule has 0 saturated carbocycles. The number of carbonyl (C=O) groups excluding carboxylic acids is 1. The molecule has 0 fully saturated rings. The van der Waals surface area contributed by atoms with Gasteiger partial charge in [0, 0.05) is 13.7 Å². The van der Waals surface area contributed by atoms with Gasteiger partial charge in [-0.25, -0.2) is 0 Å². The summed E-state index contributed by atoms with van der Waals surface area (Å²) in [6.45, 7) is 2.30. The molecule has 4 N–H and O–H groups in total. The molecule has 0 aliphatic carbocycles. The molecule has 0 rings (SSSR count). The number of amides is 1. The highest BCUT2D eigenvalue weighted by Crippen LogP contribution is 1.93. The highest BCUT2D eigenvalue weighted by molar-refractivity contribution is 5.81. The highest BCUT2D eigenvalue weighted by Gasteiger charge is 2.15. The molecule has 1 amide bonds. The Kier molecular flexibility index (Phi) is 7.37. The fraction of sp³-hybridized carbons (Fsp3) is 0.889. The molecule has 0 spiro atoms. The molecule has 0 aromatic heterocycles. The van der Waals surface area contributed by atoms with E-state index >= 15 is 0 Å². The fourth-order valence-corrected chi connectivity index (χ4v) is 0.961. The molecule has 0 heterocycles. The first-order chi connectivity index (χ1) is 6.65. The average molecular weight is 204 g/mol. The zero-order valence-corrected chi connectivity index (χ0v) is 8.82. The Balaban J connectivity index is 3.81. The molecule has 0 radical (unpaired) electrons. The van der Waals surface area contributed by atoms with E-state index in [2.05, 4.69) is 5.32 Å². The van der Waals surface area contributed by atoms with Crippen molar-refractivity contribution >= 4 is 5.91 Å². The van der Waals surface area contributed by atoms with Crippen LogP contribution in [0.3, 0.4) is 0 Å². The van der Waals surface area contributed by atoms with Gasteiger partial charge >= 0.3 is 0 Å². The first kappa shape index (κ1) is 13.4. The highest BCUT2D eigenvalue weighted by atomic mass is 16.5. The van der Waals surface area contributed by atoms with E-state index < -0.39 is 6.04 Å². The van der Waals surface area contributed by atoms with E-state index in [1.807, 2.05) is 6.92 Å². The second kappa shape index (κ2) is 7.73. The summed E-state index contributed by atoms with van der Waals surface area (Å²) in [6.07, 6.45) is 1.18. The SMILES string of the molecule is CC[C@H](CO)NC(=O)C(N)CCOC. The van der Waals surface area contributed by atoms with Crippen LogP contribution in [0.1, 0.15) is 19.8 Å². The number of nitrogens with two attached hydrogens (primary N) is 1. The quantitative estimate of drug-likeness (QED) is 0.509. The summed E-state index contributed by atoms with van der Waals surface area (Å²) in [5.74, 6) is -0.233. The summed E-state index contributed by atoms with van der Waals surface area (Å²) < 4.78 is 4.81. The monoisotopic (exact) mass is 204 g/mol. The van der Waals surface area contributed by atoms with Crippen LogP contribution in [-0.2, 0) is 9.53 Å². The van der Waals surface area contributed by atoms with E-state index in [9.17, 15) is 4.79 Å². The van der Waals surface area contributed by atoms with E-state index in [1.165, 1.54) is 0 Å². The molecular formula is C9H20N2O3. The van der Waals surface area contributed by atoms with Crippen LogP contribution in [0.15, 0.2) is 0 Å². The number of aliphatic hydroxyl groups excluding tert-OH is 1. The van der Waals surface area contributed by atoms with E-state index in [1.54, 1.807) is 7.11 Å². The van der Waals surface area contributed by atoms with E-state index in [-0.39, 0.29) is 18.6 Å². The lowest BCUT2D eigenvalue weighted by Gasteiger charge is -2.17. The third-order valence-electron chi connectivity index (χ3n) is 2.03. The average Bonchev–Trinajstić information content (AvgIpc) is 2.21. The van der Waals surface area contributed by atoms with Gasteiger partial charge in [0.15, 0.2) is 0 Å². The molecular weight excluding hydrogens is 184 g/mol. The Labute approximate surface area is 84.6 Å². The van der Waals surface area contributed by atoms with Crippen molar-refractivity contribution in [2.75, 3.05) is 20.3 Å². The Bertz CT molecular complexity index is 160. The molecule has 0 aliphatic heterocycles. The summed E-state index contributed by atoms with van der Waals surface area (Å²) in [6, 6.07) is -0.758. The maximum absolute atomic E-state index is 11.4. The molecule has 0 bridgehead atoms. The van der Waals surface area contributed by atoms with Gasteiger partial charge in [-0.3, -0.25) is 4.79 Å². The predicted octanol–water partition coefficient (Wildman–Crippen LogP) is -0.763. The third kappa shape index (κ3) is 5.16. The molecule has 2 atom stereocenters. The van der Waals surface area contributed by atoms with Crippen molar-refractivity contribution < 1.29 is 14.6 Å². The first-order valence-electron chi connectivity index (χ1n) is 4.81. The van der Waals surface area contributed by atoms with Crippen LogP contribution in [-0.4, -0.2) is 43.4 Å². The lowest BCUT2D eigenvalue weighted by molar-refractivity contribution is -0.123. The van der Waals surface area contributed by atoms with Gasteiger partial charge in [-0.1, -0.05) is 6.92 Å². The zero-order valence-electron chi connectivity index (χ0n) is 8.82. The lowest BCUT2D eigenvalue weighted by Crippen LogP contribution is -2.46. The van der Waals surface area contributed by atoms with E-state index in [4.69, 9.17) is 15.6 Å². The molecule has 84 valence electrons. The van der Waals surface area contributed by atoms with Crippen LogP contribution in [0.5, 0.6) is 0 Å². The van der Waals surface area contributed by atoms with Crippen LogP contribution in [0.2, 0.25) is 0 Å². The van der Waals surface area contributed by atoms with Crippen molar-refractivity contribution in [3.05, 3.63) is 0 Å². The zero-order chi connectivity index (χ0) is 11.0. The van der Waals surface area contributed by atoms with Crippen LogP contribution < -0.4 is 11.1 Å². The minimum Gasteiger partial charge on any atom is -0.394 e. The van der Waals surface area contributed by atoms with Crippen LogP contribution in [0.25, 0.3) is 0 Å². The van der Waals surface area contributed by atoms with Gasteiger partial charge < -0.3 is 20.9 Å². The summed E-state index contributed by atoms with van der Waals surface area (Å²) >= 11 is 0. The minimum atomic E-state index is -0.560. The van der Waals surface area contributed by atoms with E-state index in [0.29, 0.717) is 19.4 Å². The molecule has 1 unspecified atom stereocenters. The fourth-order valence-electron chi connectivity index (χ4n) is 0.961. The molecule has 0 aliphatic rings. The van der Waals surface area contributed by atoms with Gasteiger partial charge in [0.2, 0.25) is 5.91 Å². The molecule has 5 heteroatoms. The Morgan fingerprint density at radius 1 is 1.64 bits per heavy atom. The standard InChI is InChI=1S/C9H20N2O3/c1-3-7(6-12)11-9(13)8(10)4-5-14-2/h7-8,12H,3-6,10H2,1-2H3,(H,11,13)/t7-,8?/m1/s1. The summed E-state index contributed by atoms with van der Waals surface area (Å²) in [5, 5.41) is 11.5. The topological polar surface area (TPSA) is 84.6 Å². The molecule has 14 heavy (non-hydrogen) atoms. The maximum atomic E-state index is 11.4. The number of hydrogen-bond donors (Lipinski definition) is 3. The second-order valence-corrected chi connectivity index (χ2v) is 3.18. The van der Waals surface area contributed by atoms with Gasteiger partial charge in [0.1, 0.15) is 0 Å². The first-order valence-corrected chi connectivity index (χ1v) is 4.81. The van der Waals surface area contributed by atoms with Crippen molar-refractivity contribution in [2.45, 2.75) is 31.8 Å². The summed E-state index contributed by atoms with van der Waals surface area (Å²) in [7, 11) is 1.56. The Hall–Kier alpha value is -0.650. The number of ether oxygens (including phenoxy) is 1. The normalized spacial score (nSPS) is 14.9. The maximum Gasteiger partial charge on any atom is 0.237 e. The van der Waals surface area contributed by atoms with Gasteiger partial charge in [-0.2, -0.15) is 0 Å². The molecule has 0 saturated heterocycles. The number of rotatable bonds is 7. The predicted molar refractivity (Wildman–Crippen MR) is 53.8 cm³/mol. The molecule has 5 nitrogen and oxygen atoms in total. The van der Waals surface area contributed by atoms with Crippen molar-refractivity contribution in [3.8, 4) is 0 Å². The van der Waals surface area contributed by atoms with Crippen molar-refractivity contribution in [3.63, 3.8) is 0 Å². The largest absolute Gasteiger partial charge is 0.394 e. The van der Waals surface area contributed by atoms with Crippen LogP contribution >= 0.6 is 0 Å². The number of carbonyl (C=O) groups is 1. The second-order valence-electron chi connectivity index (χ2n) is 3.18. The smallest absolute Gasteiger partial charge is 0.237 e. The van der Waals surface area contributed by atoms with Crippen LogP contribution in [0.4, 0.5) is 0 Å². The van der Waals surface area contributed by atoms with Gasteiger partial charge in [-0.05, 0) is 12.8 Å². The van der Waals surface area contributed by atoms with Crippen molar-refractivity contribution in [1.82, 2.24) is 5.32 Å². The molecule has 0 aromatic rings. The van der Waals surface area contributed by atoms with Crippen molar-refractivity contribution in [2.24, 2.45) is 5.73 Å². The van der Waals surface area contributed by atoms with Crippen LogP contribution in [0, 0.1) is 0 Å². The minimum absolute atomic E-state index is 0.0563. The van der Waals surface area contributed by atoms with Gasteiger partial charge in [0.05, 0.1) is 18.7 Å². The van der Waals surface area contributed by atoms with Gasteiger partial charge in [0.25, 0.3) is 0 Å².